The molecule has 0 radical (unpaired) electrons. The Bertz CT molecular complexity index is 641. The Morgan fingerprint density at radius 1 is 1.30 bits per heavy atom. The Morgan fingerprint density at radius 2 is 2.10 bits per heavy atom. The summed E-state index contributed by atoms with van der Waals surface area (Å²) in [5.74, 6) is 0.119. The van der Waals surface area contributed by atoms with Gasteiger partial charge in [0.15, 0.2) is 0 Å². The number of rotatable bonds is 3. The summed E-state index contributed by atoms with van der Waals surface area (Å²) in [6.45, 7) is 1.91. The highest BCUT2D eigenvalue weighted by Crippen LogP contribution is 2.07. The Morgan fingerprint density at radius 3 is 2.85 bits per heavy atom. The molecule has 1 heterocycles. The number of nitrogens with one attached hydrogen (secondary N) is 2. The van der Waals surface area contributed by atoms with Gasteiger partial charge in [-0.15, -0.1) is 0 Å². The Labute approximate surface area is 116 Å². The number of carbonyl (C=O) groups is 1. The molecule has 0 saturated heterocycles. The topological polar surface area (TPSA) is 54.0 Å². The molecule has 0 aliphatic heterocycles. The zero-order chi connectivity index (χ0) is 14.4. The van der Waals surface area contributed by atoms with Crippen molar-refractivity contribution in [1.82, 2.24) is 10.3 Å². The second-order valence-electron chi connectivity index (χ2n) is 4.17. The van der Waals surface area contributed by atoms with E-state index in [1.807, 2.05) is 13.0 Å². The summed E-state index contributed by atoms with van der Waals surface area (Å²) in [5.41, 5.74) is 1.40. The molecule has 0 fully saturated rings. The fourth-order valence-electron chi connectivity index (χ4n) is 1.57. The highest BCUT2D eigenvalue weighted by Gasteiger charge is 2.00. The third-order valence-electron chi connectivity index (χ3n) is 2.54. The summed E-state index contributed by atoms with van der Waals surface area (Å²) >= 11 is 0. The van der Waals surface area contributed by atoms with Gasteiger partial charge in [0.2, 0.25) is 0 Å². The van der Waals surface area contributed by atoms with Crippen LogP contribution in [-0.4, -0.2) is 11.0 Å². The lowest BCUT2D eigenvalue weighted by atomic mass is 10.2. The van der Waals surface area contributed by atoms with Crippen LogP contribution in [0.15, 0.2) is 48.8 Å². The van der Waals surface area contributed by atoms with E-state index in [1.54, 1.807) is 30.5 Å². The number of nitrogens with zero attached hydrogens (tertiary/aromatic N) is 1. The van der Waals surface area contributed by atoms with Crippen LogP contribution in [0.5, 0.6) is 0 Å². The molecule has 2 rings (SSSR count). The number of aryl methyl sites for hydroxylation is 1. The molecule has 102 valence electrons. The monoisotopic (exact) mass is 271 g/mol. The first kappa shape index (κ1) is 13.7. The van der Waals surface area contributed by atoms with E-state index in [1.165, 1.54) is 18.3 Å². The predicted molar refractivity (Wildman–Crippen MR) is 76.6 cm³/mol. The number of benzene rings is 1. The normalized spacial score (nSPS) is 10.5. The first-order valence-corrected chi connectivity index (χ1v) is 6.06. The summed E-state index contributed by atoms with van der Waals surface area (Å²) in [6, 6.07) is 9.46. The van der Waals surface area contributed by atoms with Crippen LogP contribution in [0.1, 0.15) is 11.1 Å². The molecule has 4 nitrogen and oxygen atoms in total. The van der Waals surface area contributed by atoms with Gasteiger partial charge in [-0.2, -0.15) is 0 Å². The zero-order valence-corrected chi connectivity index (χ0v) is 10.9. The van der Waals surface area contributed by atoms with E-state index in [2.05, 4.69) is 15.6 Å². The van der Waals surface area contributed by atoms with Crippen LogP contribution in [0.3, 0.4) is 0 Å². The van der Waals surface area contributed by atoms with E-state index in [9.17, 15) is 9.18 Å². The summed E-state index contributed by atoms with van der Waals surface area (Å²) in [6.07, 6.45) is 4.47. The van der Waals surface area contributed by atoms with Crippen molar-refractivity contribution in [2.75, 3.05) is 5.32 Å². The van der Waals surface area contributed by atoms with Crippen molar-refractivity contribution in [3.8, 4) is 0 Å². The molecule has 0 saturated carbocycles. The molecule has 0 spiro atoms. The van der Waals surface area contributed by atoms with Gasteiger partial charge in [0.05, 0.1) is 0 Å². The van der Waals surface area contributed by atoms with Gasteiger partial charge in [0.1, 0.15) is 11.6 Å². The summed E-state index contributed by atoms with van der Waals surface area (Å²) < 4.78 is 13.3. The second-order valence-corrected chi connectivity index (χ2v) is 4.17. The van der Waals surface area contributed by atoms with Crippen LogP contribution >= 0.6 is 0 Å². The first-order valence-electron chi connectivity index (χ1n) is 6.06. The number of urea groups is 1. The lowest BCUT2D eigenvalue weighted by molar-refractivity contribution is 0.255. The molecule has 20 heavy (non-hydrogen) atoms. The molecule has 1 aromatic carbocycles. The molecule has 1 aromatic heterocycles. The minimum Gasteiger partial charge on any atom is -0.314 e. The Balaban J connectivity index is 1.91. The van der Waals surface area contributed by atoms with Crippen LogP contribution in [0.2, 0.25) is 0 Å². The molecule has 0 atom stereocenters. The number of aromatic nitrogens is 1. The molecule has 0 bridgehead atoms. The number of hydrogen-bond acceptors (Lipinski definition) is 2. The number of anilines is 1. The highest BCUT2D eigenvalue weighted by molar-refractivity contribution is 5.89. The average molecular weight is 271 g/mol. The molecule has 0 unspecified atom stereocenters. The summed E-state index contributed by atoms with van der Waals surface area (Å²) in [4.78, 5) is 15.6. The maximum absolute atomic E-state index is 13.3. The highest BCUT2D eigenvalue weighted by atomic mass is 19.1. The van der Waals surface area contributed by atoms with Crippen molar-refractivity contribution in [3.05, 3.63) is 65.7 Å². The number of carbonyl (C=O) groups excluding carboxylic acids is 1. The zero-order valence-electron chi connectivity index (χ0n) is 10.9. The lowest BCUT2D eigenvalue weighted by Crippen LogP contribution is -2.24. The van der Waals surface area contributed by atoms with Crippen LogP contribution in [0, 0.1) is 12.7 Å². The van der Waals surface area contributed by atoms with E-state index in [0.29, 0.717) is 11.4 Å². The van der Waals surface area contributed by atoms with Gasteiger partial charge >= 0.3 is 6.03 Å². The van der Waals surface area contributed by atoms with Crippen molar-refractivity contribution in [2.45, 2.75) is 6.92 Å². The third kappa shape index (κ3) is 3.91. The van der Waals surface area contributed by atoms with Gasteiger partial charge in [0, 0.05) is 18.0 Å². The quantitative estimate of drug-likeness (QED) is 0.899. The van der Waals surface area contributed by atoms with Crippen LogP contribution in [0.25, 0.3) is 6.08 Å². The molecular weight excluding hydrogens is 257 g/mol. The predicted octanol–water partition coefficient (Wildman–Crippen LogP) is 3.32. The van der Waals surface area contributed by atoms with E-state index in [4.69, 9.17) is 0 Å². The maximum Gasteiger partial charge on any atom is 0.324 e. The SMILES string of the molecule is Cc1ccnc(NC(=O)N/C=C/c2ccccc2F)c1. The maximum atomic E-state index is 13.3. The van der Waals surface area contributed by atoms with Gasteiger partial charge in [-0.1, -0.05) is 18.2 Å². The van der Waals surface area contributed by atoms with E-state index < -0.39 is 6.03 Å². The van der Waals surface area contributed by atoms with Crippen molar-refractivity contribution in [2.24, 2.45) is 0 Å². The van der Waals surface area contributed by atoms with Crippen LogP contribution in [0.4, 0.5) is 15.0 Å². The largest absolute Gasteiger partial charge is 0.324 e. The fourth-order valence-corrected chi connectivity index (χ4v) is 1.57. The van der Waals surface area contributed by atoms with Crippen molar-refractivity contribution < 1.29 is 9.18 Å². The van der Waals surface area contributed by atoms with Crippen molar-refractivity contribution in [1.29, 1.82) is 0 Å². The van der Waals surface area contributed by atoms with E-state index in [0.717, 1.165) is 5.56 Å². The van der Waals surface area contributed by atoms with E-state index >= 15 is 0 Å². The van der Waals surface area contributed by atoms with Gasteiger partial charge < -0.3 is 5.32 Å². The van der Waals surface area contributed by atoms with Gasteiger partial charge in [-0.3, -0.25) is 5.32 Å². The number of amides is 2. The molecule has 5 heteroatoms. The Kier molecular flexibility index (Phi) is 4.44. The van der Waals surface area contributed by atoms with Crippen molar-refractivity contribution >= 4 is 17.9 Å². The standard InChI is InChI=1S/C15H14FN3O/c1-11-6-8-17-14(10-11)19-15(20)18-9-7-12-4-2-3-5-13(12)16/h2-10H,1H3,(H2,17,18,19,20)/b9-7+. The molecular formula is C15H14FN3O. The lowest BCUT2D eigenvalue weighted by Gasteiger charge is -2.04. The first-order chi connectivity index (χ1) is 9.65. The van der Waals surface area contributed by atoms with Gasteiger partial charge in [-0.25, -0.2) is 14.2 Å². The van der Waals surface area contributed by atoms with E-state index in [-0.39, 0.29) is 5.82 Å². The minimum absolute atomic E-state index is 0.341. The second kappa shape index (κ2) is 6.47. The van der Waals surface area contributed by atoms with Gasteiger partial charge in [0.25, 0.3) is 0 Å². The van der Waals surface area contributed by atoms with Gasteiger partial charge in [-0.05, 0) is 36.8 Å². The number of halogens is 1. The minimum atomic E-state index is -0.435. The molecule has 2 amide bonds. The number of hydrogen-bond donors (Lipinski definition) is 2. The summed E-state index contributed by atoms with van der Waals surface area (Å²) in [7, 11) is 0. The molecule has 0 aliphatic carbocycles. The summed E-state index contributed by atoms with van der Waals surface area (Å²) in [5, 5.41) is 5.07. The smallest absolute Gasteiger partial charge is 0.314 e. The molecule has 2 aromatic rings. The van der Waals surface area contributed by atoms with Crippen LogP contribution < -0.4 is 10.6 Å². The Hall–Kier alpha value is -2.69. The fraction of sp³-hybridized carbons (Fsp3) is 0.0667. The third-order valence-corrected chi connectivity index (χ3v) is 2.54. The molecule has 2 N–H and O–H groups in total. The van der Waals surface area contributed by atoms with Crippen molar-refractivity contribution in [3.63, 3.8) is 0 Å². The number of pyridine rings is 1. The molecule has 0 aliphatic rings. The van der Waals surface area contributed by atoms with Crippen LogP contribution in [-0.2, 0) is 0 Å². The average Bonchev–Trinajstić information content (AvgIpc) is 2.41.